The monoisotopic (exact) mass is 310 g/mol. The Labute approximate surface area is 121 Å². The number of rotatable bonds is 4. The zero-order valence-electron chi connectivity index (χ0n) is 12.9. The van der Waals surface area contributed by atoms with E-state index in [4.69, 9.17) is 0 Å². The lowest BCUT2D eigenvalue weighted by atomic mass is 10.1. The maximum absolute atomic E-state index is 11.8. The molecule has 2 N–H and O–H groups in total. The predicted octanol–water partition coefficient (Wildman–Crippen LogP) is 2.17. The number of hydrogen-bond donors (Lipinski definition) is 2. The molecule has 0 aliphatic carbocycles. The van der Waals surface area contributed by atoms with Crippen LogP contribution in [0, 0.1) is 0 Å². The number of hydrogen-bond acceptors (Lipinski definition) is 2. The molecular formula is C14H22O4Si2. The van der Waals surface area contributed by atoms with Crippen molar-refractivity contribution in [3.8, 4) is 0 Å². The van der Waals surface area contributed by atoms with Crippen LogP contribution in [0.4, 0.5) is 0 Å². The largest absolute Gasteiger partial charge is 0.478 e. The van der Waals surface area contributed by atoms with Gasteiger partial charge in [0.15, 0.2) is 0 Å². The Bertz CT molecular complexity index is 566. The first-order valence-corrected chi connectivity index (χ1v) is 13.5. The van der Waals surface area contributed by atoms with Crippen LogP contribution in [0.25, 0.3) is 0 Å². The van der Waals surface area contributed by atoms with E-state index in [0.29, 0.717) is 5.19 Å². The summed E-state index contributed by atoms with van der Waals surface area (Å²) < 4.78 is 0. The zero-order valence-corrected chi connectivity index (χ0v) is 14.9. The van der Waals surface area contributed by atoms with Gasteiger partial charge in [0.25, 0.3) is 0 Å². The van der Waals surface area contributed by atoms with Crippen LogP contribution in [0.3, 0.4) is 0 Å². The quantitative estimate of drug-likeness (QED) is 0.836. The van der Waals surface area contributed by atoms with E-state index in [2.05, 4.69) is 19.6 Å². The zero-order chi connectivity index (χ0) is 15.9. The van der Waals surface area contributed by atoms with Gasteiger partial charge in [-0.1, -0.05) is 45.3 Å². The van der Waals surface area contributed by atoms with E-state index in [1.807, 2.05) is 19.6 Å². The average Bonchev–Trinajstić information content (AvgIpc) is 2.24. The topological polar surface area (TPSA) is 74.6 Å². The van der Waals surface area contributed by atoms with Gasteiger partial charge in [-0.05, 0) is 16.4 Å². The van der Waals surface area contributed by atoms with Gasteiger partial charge in [-0.15, -0.1) is 0 Å². The molecule has 0 saturated heterocycles. The van der Waals surface area contributed by atoms with Gasteiger partial charge in [0.05, 0.1) is 27.3 Å². The van der Waals surface area contributed by atoms with Crippen molar-refractivity contribution in [3.63, 3.8) is 0 Å². The van der Waals surface area contributed by atoms with Gasteiger partial charge in [-0.25, -0.2) is 9.59 Å². The fourth-order valence-corrected chi connectivity index (χ4v) is 6.09. The van der Waals surface area contributed by atoms with Gasteiger partial charge in [0.2, 0.25) is 0 Å². The first-order valence-electron chi connectivity index (χ1n) is 6.52. The molecule has 0 fully saturated rings. The number of benzene rings is 1. The smallest absolute Gasteiger partial charge is 0.335 e. The molecule has 0 amide bonds. The van der Waals surface area contributed by atoms with Crippen LogP contribution >= 0.6 is 0 Å². The summed E-state index contributed by atoms with van der Waals surface area (Å²) in [5.74, 6) is -2.06. The van der Waals surface area contributed by atoms with Crippen molar-refractivity contribution in [1.82, 2.24) is 0 Å². The lowest BCUT2D eigenvalue weighted by molar-refractivity contribution is 0.0696. The highest BCUT2D eigenvalue weighted by atomic mass is 28.3. The molecule has 0 atom stereocenters. The molecule has 0 unspecified atom stereocenters. The van der Waals surface area contributed by atoms with Gasteiger partial charge in [0.1, 0.15) is 0 Å². The van der Waals surface area contributed by atoms with E-state index in [0.717, 1.165) is 5.19 Å². The lowest BCUT2D eigenvalue weighted by Crippen LogP contribution is -2.52. The van der Waals surface area contributed by atoms with E-state index < -0.39 is 28.1 Å². The minimum absolute atomic E-state index is 0.142. The Morgan fingerprint density at radius 1 is 0.850 bits per heavy atom. The molecule has 0 spiro atoms. The van der Waals surface area contributed by atoms with Gasteiger partial charge >= 0.3 is 11.9 Å². The van der Waals surface area contributed by atoms with Gasteiger partial charge in [-0.3, -0.25) is 0 Å². The van der Waals surface area contributed by atoms with Crippen molar-refractivity contribution in [2.75, 3.05) is 0 Å². The summed E-state index contributed by atoms with van der Waals surface area (Å²) >= 11 is 0. The van der Waals surface area contributed by atoms with Crippen LogP contribution in [0.2, 0.25) is 39.3 Å². The Morgan fingerprint density at radius 3 is 1.65 bits per heavy atom. The highest BCUT2D eigenvalue weighted by molar-refractivity contribution is 6.93. The van der Waals surface area contributed by atoms with E-state index in [1.54, 1.807) is 12.1 Å². The predicted molar refractivity (Wildman–Crippen MR) is 86.3 cm³/mol. The van der Waals surface area contributed by atoms with Crippen molar-refractivity contribution in [2.24, 2.45) is 0 Å². The van der Waals surface area contributed by atoms with Gasteiger partial charge in [0, 0.05) is 0 Å². The Hall–Kier alpha value is -1.41. The van der Waals surface area contributed by atoms with Crippen LogP contribution < -0.4 is 10.4 Å². The molecule has 0 heterocycles. The maximum Gasteiger partial charge on any atom is 0.335 e. The second kappa shape index (κ2) is 5.18. The molecule has 0 aromatic heterocycles. The van der Waals surface area contributed by atoms with Crippen molar-refractivity contribution >= 4 is 38.5 Å². The fourth-order valence-electron chi connectivity index (χ4n) is 2.41. The van der Waals surface area contributed by atoms with E-state index in [-0.39, 0.29) is 11.1 Å². The van der Waals surface area contributed by atoms with E-state index in [9.17, 15) is 19.8 Å². The van der Waals surface area contributed by atoms with E-state index >= 15 is 0 Å². The molecule has 1 rings (SSSR count). The van der Waals surface area contributed by atoms with Crippen LogP contribution in [-0.2, 0) is 0 Å². The summed E-state index contributed by atoms with van der Waals surface area (Å²) in [7, 11) is -3.96. The molecule has 0 bridgehead atoms. The summed E-state index contributed by atoms with van der Waals surface area (Å²) in [5, 5.41) is 20.4. The maximum atomic E-state index is 11.8. The SMILES string of the molecule is C[Si](C)(C)c1ccc(C(=O)O)c([Si](C)(C)C)c1C(=O)O. The summed E-state index contributed by atoms with van der Waals surface area (Å²) in [5.41, 5.74) is 0.381. The number of carboxylic acids is 2. The van der Waals surface area contributed by atoms with Crippen molar-refractivity contribution in [2.45, 2.75) is 39.3 Å². The second-order valence-electron chi connectivity index (χ2n) is 7.02. The van der Waals surface area contributed by atoms with Crippen LogP contribution in [0.5, 0.6) is 0 Å². The summed E-state index contributed by atoms with van der Waals surface area (Å²) in [6.07, 6.45) is 0. The number of aromatic carboxylic acids is 2. The lowest BCUT2D eigenvalue weighted by Gasteiger charge is -2.27. The van der Waals surface area contributed by atoms with Gasteiger partial charge < -0.3 is 10.2 Å². The summed E-state index contributed by atoms with van der Waals surface area (Å²) in [6.45, 7) is 12.2. The number of carbonyl (C=O) groups is 2. The fraction of sp³-hybridized carbons (Fsp3) is 0.429. The highest BCUT2D eigenvalue weighted by Crippen LogP contribution is 2.15. The Balaban J connectivity index is 3.91. The van der Waals surface area contributed by atoms with Crippen LogP contribution in [0.15, 0.2) is 12.1 Å². The molecule has 0 aliphatic rings. The Morgan fingerprint density at radius 2 is 1.35 bits per heavy atom. The molecule has 0 saturated carbocycles. The third kappa shape index (κ3) is 3.18. The summed E-state index contributed by atoms with van der Waals surface area (Å²) in [4.78, 5) is 23.2. The molecule has 0 aliphatic heterocycles. The molecule has 6 heteroatoms. The standard InChI is InChI=1S/C14H22O4Si2/c1-19(2,3)10-8-7-9(13(15)16)12(20(4,5)6)11(10)14(17)18/h7-8H,1-6H3,(H,15,16)(H,17,18). The first kappa shape index (κ1) is 16.6. The third-order valence-electron chi connectivity index (χ3n) is 3.21. The molecule has 4 nitrogen and oxygen atoms in total. The third-order valence-corrected chi connectivity index (χ3v) is 7.26. The highest BCUT2D eigenvalue weighted by Gasteiger charge is 2.34. The molecule has 110 valence electrons. The molecular weight excluding hydrogens is 288 g/mol. The molecule has 1 aromatic carbocycles. The minimum Gasteiger partial charge on any atom is -0.478 e. The van der Waals surface area contributed by atoms with Crippen molar-refractivity contribution in [1.29, 1.82) is 0 Å². The molecule has 20 heavy (non-hydrogen) atoms. The minimum atomic E-state index is -2.10. The van der Waals surface area contributed by atoms with Crippen LogP contribution in [0.1, 0.15) is 20.7 Å². The molecule has 1 aromatic rings. The average molecular weight is 310 g/mol. The van der Waals surface area contributed by atoms with Crippen molar-refractivity contribution in [3.05, 3.63) is 23.3 Å². The summed E-state index contributed by atoms with van der Waals surface area (Å²) in [6, 6.07) is 3.28. The first-order chi connectivity index (χ1) is 8.87. The van der Waals surface area contributed by atoms with Gasteiger partial charge in [-0.2, -0.15) is 0 Å². The number of carboxylic acid groups (broad SMARTS) is 2. The molecule has 0 radical (unpaired) electrons. The van der Waals surface area contributed by atoms with Crippen molar-refractivity contribution < 1.29 is 19.8 Å². The Kier molecular flexibility index (Phi) is 4.31. The normalized spacial score (nSPS) is 12.3. The van der Waals surface area contributed by atoms with Crippen LogP contribution in [-0.4, -0.2) is 38.3 Å². The van der Waals surface area contributed by atoms with E-state index in [1.165, 1.54) is 0 Å². The second-order valence-corrected chi connectivity index (χ2v) is 17.1.